The Balaban J connectivity index is 2.28. The molecule has 1 aliphatic rings. The van der Waals surface area contributed by atoms with Gasteiger partial charge in [-0.2, -0.15) is 0 Å². The van der Waals surface area contributed by atoms with E-state index in [-0.39, 0.29) is 12.1 Å². The molecular formula is C9H16BNO3. The van der Waals surface area contributed by atoms with E-state index in [2.05, 4.69) is 6.58 Å². The Morgan fingerprint density at radius 1 is 1.64 bits per heavy atom. The molecule has 1 N–H and O–H groups in total. The van der Waals surface area contributed by atoms with E-state index < -0.39 is 7.05 Å². The first kappa shape index (κ1) is 11.3. The lowest BCUT2D eigenvalue weighted by Crippen LogP contribution is -2.45. The summed E-state index contributed by atoms with van der Waals surface area (Å²) < 4.78 is 5.10. The molecule has 78 valence electrons. The number of nitrogens with zero attached hydrogens (tertiary/aromatic N) is 1. The fourth-order valence-electron chi connectivity index (χ4n) is 1.58. The zero-order chi connectivity index (χ0) is 10.6. The molecule has 0 unspecified atom stereocenters. The molecular weight excluding hydrogens is 181 g/mol. The van der Waals surface area contributed by atoms with Crippen LogP contribution >= 0.6 is 0 Å². The molecule has 0 aliphatic carbocycles. The Bertz CT molecular complexity index is 212. The van der Waals surface area contributed by atoms with E-state index in [9.17, 15) is 9.82 Å². The number of ether oxygens (including phenoxy) is 1. The molecule has 0 aromatic carbocycles. The molecule has 1 aliphatic heterocycles. The van der Waals surface area contributed by atoms with E-state index in [0.29, 0.717) is 0 Å². The minimum Gasteiger partial charge on any atom is -0.459 e. The Labute approximate surface area is 84.7 Å². The fraction of sp³-hybridized carbons (Fsp3) is 0.667. The van der Waals surface area contributed by atoms with Crippen LogP contribution in [0.5, 0.6) is 0 Å². The third kappa shape index (κ3) is 3.16. The highest BCUT2D eigenvalue weighted by molar-refractivity contribution is 6.45. The standard InChI is InChI=1S/C9H16BNO3/c1-3-9(12)14-8-4-6-11(7-5-8)10(2)13/h3,8,13H,1,4-7H2,2H3. The van der Waals surface area contributed by atoms with Crippen LogP contribution in [0.4, 0.5) is 0 Å². The van der Waals surface area contributed by atoms with Crippen LogP contribution in [-0.2, 0) is 9.53 Å². The molecule has 4 nitrogen and oxygen atoms in total. The largest absolute Gasteiger partial charge is 0.459 e. The van der Waals surface area contributed by atoms with Crippen molar-refractivity contribution in [3.63, 3.8) is 0 Å². The summed E-state index contributed by atoms with van der Waals surface area (Å²) in [7, 11) is -0.411. The van der Waals surface area contributed by atoms with Gasteiger partial charge in [0.05, 0.1) is 0 Å². The van der Waals surface area contributed by atoms with Crippen molar-refractivity contribution < 1.29 is 14.6 Å². The lowest BCUT2D eigenvalue weighted by molar-refractivity contribution is -0.144. The van der Waals surface area contributed by atoms with E-state index in [4.69, 9.17) is 4.74 Å². The first-order chi connectivity index (χ1) is 6.63. The highest BCUT2D eigenvalue weighted by Gasteiger charge is 2.25. The lowest BCUT2D eigenvalue weighted by Gasteiger charge is -2.31. The molecule has 14 heavy (non-hydrogen) atoms. The summed E-state index contributed by atoms with van der Waals surface area (Å²) in [5, 5.41) is 9.29. The number of hydrogen-bond donors (Lipinski definition) is 1. The van der Waals surface area contributed by atoms with Crippen LogP contribution in [0.25, 0.3) is 0 Å². The van der Waals surface area contributed by atoms with Gasteiger partial charge in [-0.3, -0.25) is 0 Å². The fourth-order valence-corrected chi connectivity index (χ4v) is 1.58. The van der Waals surface area contributed by atoms with Crippen LogP contribution < -0.4 is 0 Å². The van der Waals surface area contributed by atoms with Gasteiger partial charge in [0.15, 0.2) is 0 Å². The van der Waals surface area contributed by atoms with Gasteiger partial charge < -0.3 is 14.6 Å². The van der Waals surface area contributed by atoms with Crippen LogP contribution in [-0.4, -0.2) is 42.0 Å². The highest BCUT2D eigenvalue weighted by atomic mass is 16.5. The summed E-state index contributed by atoms with van der Waals surface area (Å²) >= 11 is 0. The van der Waals surface area contributed by atoms with E-state index in [1.54, 1.807) is 6.82 Å². The van der Waals surface area contributed by atoms with E-state index in [1.807, 2.05) is 4.81 Å². The SMILES string of the molecule is C=CC(=O)OC1CCN(B(C)O)CC1. The molecule has 1 heterocycles. The summed E-state index contributed by atoms with van der Waals surface area (Å²) in [5.41, 5.74) is 0. The van der Waals surface area contributed by atoms with Crippen molar-refractivity contribution in [3.8, 4) is 0 Å². The number of carbonyl (C=O) groups excluding carboxylic acids is 1. The summed E-state index contributed by atoms with van der Waals surface area (Å²) in [6, 6.07) is 0. The molecule has 0 aromatic rings. The van der Waals surface area contributed by atoms with Crippen LogP contribution in [0.3, 0.4) is 0 Å². The van der Waals surface area contributed by atoms with Gasteiger partial charge in [0.1, 0.15) is 6.10 Å². The van der Waals surface area contributed by atoms with Crippen molar-refractivity contribution in [2.45, 2.75) is 25.8 Å². The number of esters is 1. The van der Waals surface area contributed by atoms with Crippen molar-refractivity contribution in [1.82, 2.24) is 4.81 Å². The molecule has 0 bridgehead atoms. The maximum absolute atomic E-state index is 10.9. The Morgan fingerprint density at radius 3 is 2.64 bits per heavy atom. The molecule has 0 amide bonds. The smallest absolute Gasteiger partial charge is 0.376 e. The van der Waals surface area contributed by atoms with Gasteiger partial charge >= 0.3 is 13.0 Å². The summed E-state index contributed by atoms with van der Waals surface area (Å²) in [5.74, 6) is -0.361. The van der Waals surface area contributed by atoms with Gasteiger partial charge in [-0.1, -0.05) is 6.58 Å². The highest BCUT2D eigenvalue weighted by Crippen LogP contribution is 2.14. The molecule has 0 aromatic heterocycles. The van der Waals surface area contributed by atoms with Gasteiger partial charge in [-0.15, -0.1) is 0 Å². The maximum atomic E-state index is 10.9. The van der Waals surface area contributed by atoms with Crippen LogP contribution in [0.1, 0.15) is 12.8 Å². The predicted molar refractivity (Wildman–Crippen MR) is 54.7 cm³/mol. The second kappa shape index (κ2) is 5.17. The molecule has 1 saturated heterocycles. The minimum absolute atomic E-state index is 0.0181. The Hall–Kier alpha value is -0.805. The Kier molecular flexibility index (Phi) is 4.16. The second-order valence-corrected chi connectivity index (χ2v) is 3.51. The molecule has 0 saturated carbocycles. The first-order valence-electron chi connectivity index (χ1n) is 4.88. The zero-order valence-corrected chi connectivity index (χ0v) is 8.48. The molecule has 0 atom stereocenters. The molecule has 5 heteroatoms. The van der Waals surface area contributed by atoms with Crippen molar-refractivity contribution in [2.24, 2.45) is 0 Å². The maximum Gasteiger partial charge on any atom is 0.376 e. The number of hydrogen-bond acceptors (Lipinski definition) is 4. The Morgan fingerprint density at radius 2 is 2.21 bits per heavy atom. The predicted octanol–water partition coefficient (Wildman–Crippen LogP) is 0.290. The number of carbonyl (C=O) groups is 1. The van der Waals surface area contributed by atoms with Crippen molar-refractivity contribution >= 4 is 13.0 Å². The van der Waals surface area contributed by atoms with E-state index in [0.717, 1.165) is 25.9 Å². The zero-order valence-electron chi connectivity index (χ0n) is 8.48. The summed E-state index contributed by atoms with van der Waals surface area (Å²) in [6.07, 6.45) is 2.73. The average molecular weight is 197 g/mol. The monoisotopic (exact) mass is 197 g/mol. The van der Waals surface area contributed by atoms with Gasteiger partial charge in [-0.05, 0) is 32.8 Å². The van der Waals surface area contributed by atoms with Crippen LogP contribution in [0, 0.1) is 0 Å². The normalized spacial score (nSPS) is 19.0. The lowest BCUT2D eigenvalue weighted by atomic mass is 9.82. The van der Waals surface area contributed by atoms with Crippen LogP contribution in [0.15, 0.2) is 12.7 Å². The van der Waals surface area contributed by atoms with Crippen molar-refractivity contribution in [2.75, 3.05) is 13.1 Å². The summed E-state index contributed by atoms with van der Waals surface area (Å²) in [6.45, 7) is 6.63. The third-order valence-electron chi connectivity index (χ3n) is 2.45. The van der Waals surface area contributed by atoms with Crippen molar-refractivity contribution in [1.29, 1.82) is 0 Å². The van der Waals surface area contributed by atoms with Gasteiger partial charge in [0, 0.05) is 6.08 Å². The van der Waals surface area contributed by atoms with E-state index >= 15 is 0 Å². The second-order valence-electron chi connectivity index (χ2n) is 3.51. The van der Waals surface area contributed by atoms with E-state index in [1.165, 1.54) is 6.08 Å². The average Bonchev–Trinajstić information content (AvgIpc) is 2.18. The molecule has 1 fully saturated rings. The number of piperidine rings is 1. The van der Waals surface area contributed by atoms with Crippen LogP contribution in [0.2, 0.25) is 6.82 Å². The molecule has 0 radical (unpaired) electrons. The molecule has 1 rings (SSSR count). The first-order valence-corrected chi connectivity index (χ1v) is 4.88. The molecule has 0 spiro atoms. The topological polar surface area (TPSA) is 49.8 Å². The minimum atomic E-state index is -0.411. The van der Waals surface area contributed by atoms with Gasteiger partial charge in [0.2, 0.25) is 0 Å². The van der Waals surface area contributed by atoms with Gasteiger partial charge in [0.25, 0.3) is 0 Å². The summed E-state index contributed by atoms with van der Waals surface area (Å²) in [4.78, 5) is 12.8. The quantitative estimate of drug-likeness (QED) is 0.401. The van der Waals surface area contributed by atoms with Crippen molar-refractivity contribution in [3.05, 3.63) is 12.7 Å². The number of rotatable bonds is 3. The van der Waals surface area contributed by atoms with Gasteiger partial charge in [-0.25, -0.2) is 4.79 Å². The third-order valence-corrected chi connectivity index (χ3v) is 2.45.